The first-order valence-corrected chi connectivity index (χ1v) is 7.86. The van der Waals surface area contributed by atoms with Crippen LogP contribution < -0.4 is 10.6 Å². The number of aromatic nitrogens is 3. The van der Waals surface area contributed by atoms with Gasteiger partial charge in [-0.15, -0.1) is 0 Å². The van der Waals surface area contributed by atoms with Gasteiger partial charge in [-0.25, -0.2) is 13.8 Å². The molecule has 1 aromatic carbocycles. The van der Waals surface area contributed by atoms with Crippen LogP contribution in [0.25, 0.3) is 11.3 Å². The molecule has 0 saturated heterocycles. The van der Waals surface area contributed by atoms with Gasteiger partial charge in [0.05, 0.1) is 5.69 Å². The van der Waals surface area contributed by atoms with Crippen molar-refractivity contribution in [1.82, 2.24) is 15.0 Å². The second-order valence-electron chi connectivity index (χ2n) is 5.36. The highest BCUT2D eigenvalue weighted by atomic mass is 19.1. The lowest BCUT2D eigenvalue weighted by atomic mass is 10.2. The van der Waals surface area contributed by atoms with E-state index in [2.05, 4.69) is 25.6 Å². The Hall–Kier alpha value is -3.09. The van der Waals surface area contributed by atoms with Crippen LogP contribution >= 0.6 is 0 Å². The molecule has 0 spiro atoms. The summed E-state index contributed by atoms with van der Waals surface area (Å²) in [5.74, 6) is -0.178. The minimum absolute atomic E-state index is 0.243. The highest BCUT2D eigenvalue weighted by Gasteiger charge is 2.07. The number of nitrogens with zero attached hydrogens (tertiary/aromatic N) is 3. The van der Waals surface area contributed by atoms with E-state index in [1.165, 1.54) is 12.1 Å². The van der Waals surface area contributed by atoms with Gasteiger partial charge in [0.25, 0.3) is 0 Å². The maximum atomic E-state index is 13.3. The Balaban J connectivity index is 1.85. The van der Waals surface area contributed by atoms with Gasteiger partial charge in [-0.1, -0.05) is 0 Å². The summed E-state index contributed by atoms with van der Waals surface area (Å²) in [7, 11) is 0. The van der Waals surface area contributed by atoms with Crippen LogP contribution in [0.15, 0.2) is 48.8 Å². The van der Waals surface area contributed by atoms with E-state index in [-0.39, 0.29) is 6.54 Å². The van der Waals surface area contributed by atoms with Crippen LogP contribution in [-0.4, -0.2) is 21.5 Å². The molecule has 3 aromatic rings. The van der Waals surface area contributed by atoms with Gasteiger partial charge in [-0.3, -0.25) is 4.98 Å². The van der Waals surface area contributed by atoms with Gasteiger partial charge in [-0.2, -0.15) is 4.98 Å². The lowest BCUT2D eigenvalue weighted by Crippen LogP contribution is -2.08. The van der Waals surface area contributed by atoms with Crippen LogP contribution in [0.2, 0.25) is 0 Å². The summed E-state index contributed by atoms with van der Waals surface area (Å²) in [6.07, 6.45) is 3.37. The predicted octanol–water partition coefficient (Wildman–Crippen LogP) is 3.86. The largest absolute Gasteiger partial charge is 0.366 e. The third-order valence-electron chi connectivity index (χ3n) is 3.43. The van der Waals surface area contributed by atoms with E-state index in [0.29, 0.717) is 23.9 Å². The molecule has 128 valence electrons. The standard InChI is InChI=1S/C18H17F2N5/c1-2-22-18-24-16(13-3-5-21-6-4-13)10-17(25-18)23-11-12-7-14(19)9-15(20)8-12/h3-10H,2,11H2,1H3,(H2,22,23,24,25). The molecule has 0 saturated carbocycles. The van der Waals surface area contributed by atoms with Crippen molar-refractivity contribution in [2.45, 2.75) is 13.5 Å². The molecule has 0 aliphatic heterocycles. The van der Waals surface area contributed by atoms with Gasteiger partial charge >= 0.3 is 0 Å². The zero-order valence-corrected chi connectivity index (χ0v) is 13.6. The molecule has 0 atom stereocenters. The summed E-state index contributed by atoms with van der Waals surface area (Å²) in [5.41, 5.74) is 2.12. The monoisotopic (exact) mass is 341 g/mol. The van der Waals surface area contributed by atoms with E-state index < -0.39 is 11.6 Å². The van der Waals surface area contributed by atoms with Crippen molar-refractivity contribution in [1.29, 1.82) is 0 Å². The van der Waals surface area contributed by atoms with Crippen molar-refractivity contribution >= 4 is 11.8 Å². The van der Waals surface area contributed by atoms with Crippen molar-refractivity contribution in [2.75, 3.05) is 17.2 Å². The quantitative estimate of drug-likeness (QED) is 0.713. The molecule has 0 fully saturated rings. The molecule has 2 heterocycles. The fourth-order valence-electron chi connectivity index (χ4n) is 2.35. The first-order valence-electron chi connectivity index (χ1n) is 7.86. The fraction of sp³-hybridized carbons (Fsp3) is 0.167. The van der Waals surface area contributed by atoms with E-state index in [1.807, 2.05) is 19.1 Å². The molecule has 5 nitrogen and oxygen atoms in total. The number of rotatable bonds is 6. The molecule has 0 unspecified atom stereocenters. The summed E-state index contributed by atoms with van der Waals surface area (Å²) in [6, 6.07) is 8.90. The molecule has 2 N–H and O–H groups in total. The highest BCUT2D eigenvalue weighted by molar-refractivity contribution is 5.63. The van der Waals surface area contributed by atoms with Crippen LogP contribution in [0.5, 0.6) is 0 Å². The highest BCUT2D eigenvalue weighted by Crippen LogP contribution is 2.21. The Kier molecular flexibility index (Phi) is 5.13. The Morgan fingerprint density at radius 2 is 1.64 bits per heavy atom. The normalized spacial score (nSPS) is 10.5. The molecule has 0 radical (unpaired) electrons. The maximum Gasteiger partial charge on any atom is 0.225 e. The van der Waals surface area contributed by atoms with Crippen LogP contribution in [0.3, 0.4) is 0 Å². The lowest BCUT2D eigenvalue weighted by Gasteiger charge is -2.11. The third kappa shape index (κ3) is 4.47. The van der Waals surface area contributed by atoms with Crippen molar-refractivity contribution in [3.63, 3.8) is 0 Å². The van der Waals surface area contributed by atoms with Gasteiger partial charge in [0.2, 0.25) is 5.95 Å². The molecule has 0 aliphatic carbocycles. The Bertz CT molecular complexity index is 835. The second-order valence-corrected chi connectivity index (χ2v) is 5.36. The third-order valence-corrected chi connectivity index (χ3v) is 3.43. The van der Waals surface area contributed by atoms with Crippen LogP contribution in [0, 0.1) is 11.6 Å². The van der Waals surface area contributed by atoms with E-state index in [0.717, 1.165) is 17.3 Å². The molecule has 0 amide bonds. The SMILES string of the molecule is CCNc1nc(NCc2cc(F)cc(F)c2)cc(-c2ccncc2)n1. The number of hydrogen-bond donors (Lipinski definition) is 2. The number of pyridine rings is 1. The van der Waals surface area contributed by atoms with E-state index >= 15 is 0 Å². The summed E-state index contributed by atoms with van der Waals surface area (Å²) < 4.78 is 26.6. The number of hydrogen-bond acceptors (Lipinski definition) is 5. The van der Waals surface area contributed by atoms with Crippen molar-refractivity contribution < 1.29 is 8.78 Å². The van der Waals surface area contributed by atoms with Gasteiger partial charge in [0.15, 0.2) is 0 Å². The van der Waals surface area contributed by atoms with Gasteiger partial charge in [-0.05, 0) is 36.8 Å². The topological polar surface area (TPSA) is 62.7 Å². The molecule has 0 bridgehead atoms. The van der Waals surface area contributed by atoms with Crippen molar-refractivity contribution in [2.24, 2.45) is 0 Å². The van der Waals surface area contributed by atoms with Gasteiger partial charge < -0.3 is 10.6 Å². The van der Waals surface area contributed by atoms with Crippen LogP contribution in [0.4, 0.5) is 20.5 Å². The van der Waals surface area contributed by atoms with E-state index in [4.69, 9.17) is 0 Å². The average molecular weight is 341 g/mol. The number of halogens is 2. The average Bonchev–Trinajstić information content (AvgIpc) is 2.60. The zero-order valence-electron chi connectivity index (χ0n) is 13.6. The summed E-state index contributed by atoms with van der Waals surface area (Å²) in [4.78, 5) is 12.8. The van der Waals surface area contributed by atoms with E-state index in [1.54, 1.807) is 18.5 Å². The molecular formula is C18H17F2N5. The maximum absolute atomic E-state index is 13.3. The van der Waals surface area contributed by atoms with Gasteiger partial charge in [0, 0.05) is 43.2 Å². The molecule has 7 heteroatoms. The van der Waals surface area contributed by atoms with Crippen LogP contribution in [0.1, 0.15) is 12.5 Å². The van der Waals surface area contributed by atoms with Crippen LogP contribution in [-0.2, 0) is 6.54 Å². The molecule has 3 rings (SSSR count). The first-order chi connectivity index (χ1) is 12.1. The number of anilines is 2. The summed E-state index contributed by atoms with van der Waals surface area (Å²) in [5, 5.41) is 6.16. The Labute approximate surface area is 144 Å². The van der Waals surface area contributed by atoms with Crippen molar-refractivity contribution in [3.8, 4) is 11.3 Å². The van der Waals surface area contributed by atoms with E-state index in [9.17, 15) is 8.78 Å². The molecule has 25 heavy (non-hydrogen) atoms. The Morgan fingerprint density at radius 3 is 2.32 bits per heavy atom. The fourth-order valence-corrected chi connectivity index (χ4v) is 2.35. The lowest BCUT2D eigenvalue weighted by molar-refractivity contribution is 0.580. The smallest absolute Gasteiger partial charge is 0.225 e. The first kappa shape index (κ1) is 16.8. The number of benzene rings is 1. The molecular weight excluding hydrogens is 324 g/mol. The Morgan fingerprint density at radius 1 is 0.920 bits per heavy atom. The zero-order chi connectivity index (χ0) is 17.6. The molecule has 0 aliphatic rings. The second kappa shape index (κ2) is 7.65. The summed E-state index contributed by atoms with van der Waals surface area (Å²) in [6.45, 7) is 2.87. The minimum atomic E-state index is -0.606. The summed E-state index contributed by atoms with van der Waals surface area (Å²) >= 11 is 0. The van der Waals surface area contributed by atoms with Gasteiger partial charge in [0.1, 0.15) is 17.5 Å². The number of nitrogens with one attached hydrogen (secondary N) is 2. The predicted molar refractivity (Wildman–Crippen MR) is 93.1 cm³/mol. The van der Waals surface area contributed by atoms with Crippen molar-refractivity contribution in [3.05, 3.63) is 66.0 Å². The molecule has 2 aromatic heterocycles. The minimum Gasteiger partial charge on any atom is -0.366 e.